The van der Waals surface area contributed by atoms with Gasteiger partial charge in [-0.05, 0) is 31.7 Å². The van der Waals surface area contributed by atoms with Crippen LogP contribution in [0.15, 0.2) is 18.2 Å². The number of nitrogen functional groups attached to an aromatic ring is 1. The van der Waals surface area contributed by atoms with Crippen LogP contribution in [0.5, 0.6) is 0 Å². The third kappa shape index (κ3) is 2.88. The van der Waals surface area contributed by atoms with E-state index in [1.807, 2.05) is 12.1 Å². The third-order valence-electron chi connectivity index (χ3n) is 4.03. The molecule has 0 spiro atoms. The Morgan fingerprint density at radius 3 is 2.80 bits per heavy atom. The first-order valence-electron chi connectivity index (χ1n) is 7.17. The first kappa shape index (κ1) is 14.7. The lowest BCUT2D eigenvalue weighted by molar-refractivity contribution is 0.0963. The van der Waals surface area contributed by atoms with Crippen LogP contribution >= 0.6 is 0 Å². The van der Waals surface area contributed by atoms with E-state index in [-0.39, 0.29) is 5.91 Å². The van der Waals surface area contributed by atoms with E-state index in [1.165, 1.54) is 0 Å². The van der Waals surface area contributed by atoms with Crippen molar-refractivity contribution in [3.8, 4) is 0 Å². The molecule has 0 aromatic heterocycles. The Morgan fingerprint density at radius 1 is 1.45 bits per heavy atom. The van der Waals surface area contributed by atoms with E-state index >= 15 is 0 Å². The van der Waals surface area contributed by atoms with Crippen LogP contribution in [0.1, 0.15) is 24.2 Å². The third-order valence-corrected chi connectivity index (χ3v) is 4.03. The quantitative estimate of drug-likeness (QED) is 0.813. The molecule has 1 heterocycles. The number of anilines is 2. The van der Waals surface area contributed by atoms with Gasteiger partial charge in [-0.15, -0.1) is 0 Å². The lowest BCUT2D eigenvalue weighted by Gasteiger charge is -2.41. The SMILES string of the molecule is CCN1CCN(c2cc(C(=O)NC)ccc2N)CC1C. The number of carbonyl (C=O) groups excluding carboxylic acids is 1. The molecular weight excluding hydrogens is 252 g/mol. The fraction of sp³-hybridized carbons (Fsp3) is 0.533. The number of hydrogen-bond acceptors (Lipinski definition) is 4. The topological polar surface area (TPSA) is 61.6 Å². The molecule has 1 unspecified atom stereocenters. The van der Waals surface area contributed by atoms with Gasteiger partial charge in [0.15, 0.2) is 0 Å². The molecule has 0 bridgehead atoms. The highest BCUT2D eigenvalue weighted by atomic mass is 16.1. The summed E-state index contributed by atoms with van der Waals surface area (Å²) in [6.45, 7) is 8.40. The van der Waals surface area contributed by atoms with Crippen molar-refractivity contribution < 1.29 is 4.79 Å². The maximum absolute atomic E-state index is 11.7. The molecule has 0 saturated carbocycles. The number of benzene rings is 1. The number of nitrogens with zero attached hydrogens (tertiary/aromatic N) is 2. The van der Waals surface area contributed by atoms with Crippen LogP contribution in [0.3, 0.4) is 0 Å². The highest BCUT2D eigenvalue weighted by molar-refractivity contribution is 5.96. The van der Waals surface area contributed by atoms with E-state index in [2.05, 4.69) is 29.0 Å². The minimum absolute atomic E-state index is 0.0773. The molecule has 1 amide bonds. The summed E-state index contributed by atoms with van der Waals surface area (Å²) in [5, 5.41) is 2.65. The number of nitrogens with one attached hydrogen (secondary N) is 1. The molecule has 1 aliphatic rings. The second-order valence-corrected chi connectivity index (χ2v) is 5.28. The standard InChI is InChI=1S/C15H24N4O/c1-4-18-7-8-19(10-11(18)2)14-9-12(15(20)17-3)5-6-13(14)16/h5-6,9,11H,4,7-8,10,16H2,1-3H3,(H,17,20). The summed E-state index contributed by atoms with van der Waals surface area (Å²) in [4.78, 5) is 16.5. The van der Waals surface area contributed by atoms with Gasteiger partial charge in [-0.3, -0.25) is 9.69 Å². The Bertz CT molecular complexity index is 489. The van der Waals surface area contributed by atoms with Crippen molar-refractivity contribution in [2.45, 2.75) is 19.9 Å². The van der Waals surface area contributed by atoms with E-state index in [1.54, 1.807) is 13.1 Å². The van der Waals surface area contributed by atoms with Crippen LogP contribution in [0, 0.1) is 0 Å². The molecule has 1 saturated heterocycles. The smallest absolute Gasteiger partial charge is 0.251 e. The minimum Gasteiger partial charge on any atom is -0.397 e. The molecule has 3 N–H and O–H groups in total. The fourth-order valence-corrected chi connectivity index (χ4v) is 2.79. The zero-order valence-electron chi connectivity index (χ0n) is 12.5. The molecule has 1 aromatic rings. The predicted octanol–water partition coefficient (Wildman–Crippen LogP) is 1.16. The van der Waals surface area contributed by atoms with Crippen molar-refractivity contribution in [2.75, 3.05) is 43.9 Å². The Kier molecular flexibility index (Phi) is 4.49. The van der Waals surface area contributed by atoms with E-state index in [0.29, 0.717) is 11.6 Å². The van der Waals surface area contributed by atoms with E-state index in [4.69, 9.17) is 5.73 Å². The number of likely N-dealkylation sites (N-methyl/N-ethyl adjacent to an activating group) is 1. The number of piperazine rings is 1. The highest BCUT2D eigenvalue weighted by Crippen LogP contribution is 2.27. The molecule has 5 heteroatoms. The van der Waals surface area contributed by atoms with Gasteiger partial charge in [0.25, 0.3) is 5.91 Å². The van der Waals surface area contributed by atoms with Gasteiger partial charge < -0.3 is 16.0 Å². The Labute approximate surface area is 120 Å². The first-order valence-corrected chi connectivity index (χ1v) is 7.17. The summed E-state index contributed by atoms with van der Waals surface area (Å²) < 4.78 is 0. The minimum atomic E-state index is -0.0773. The monoisotopic (exact) mass is 276 g/mol. The molecule has 0 radical (unpaired) electrons. The molecule has 1 aliphatic heterocycles. The second kappa shape index (κ2) is 6.13. The number of carbonyl (C=O) groups is 1. The molecule has 0 aliphatic carbocycles. The van der Waals surface area contributed by atoms with Gasteiger partial charge in [0, 0.05) is 38.3 Å². The summed E-state index contributed by atoms with van der Waals surface area (Å²) in [5.74, 6) is -0.0773. The van der Waals surface area contributed by atoms with Crippen molar-refractivity contribution >= 4 is 17.3 Å². The van der Waals surface area contributed by atoms with Crippen LogP contribution in [0.25, 0.3) is 0 Å². The summed E-state index contributed by atoms with van der Waals surface area (Å²) in [5.41, 5.74) is 8.44. The molecule has 20 heavy (non-hydrogen) atoms. The van der Waals surface area contributed by atoms with Crippen LogP contribution in [-0.4, -0.2) is 50.1 Å². The molecule has 2 rings (SSSR count). The van der Waals surface area contributed by atoms with Gasteiger partial charge in [-0.25, -0.2) is 0 Å². The predicted molar refractivity (Wildman–Crippen MR) is 83.2 cm³/mol. The lowest BCUT2D eigenvalue weighted by atomic mass is 10.1. The normalized spacial score (nSPS) is 19.9. The van der Waals surface area contributed by atoms with E-state index in [0.717, 1.165) is 37.6 Å². The molecule has 1 fully saturated rings. The van der Waals surface area contributed by atoms with Crippen LogP contribution in [-0.2, 0) is 0 Å². The van der Waals surface area contributed by atoms with Gasteiger partial charge >= 0.3 is 0 Å². The largest absolute Gasteiger partial charge is 0.397 e. The van der Waals surface area contributed by atoms with Crippen LogP contribution in [0.4, 0.5) is 11.4 Å². The maximum Gasteiger partial charge on any atom is 0.251 e. The van der Waals surface area contributed by atoms with Crippen molar-refractivity contribution in [3.05, 3.63) is 23.8 Å². The van der Waals surface area contributed by atoms with E-state index in [9.17, 15) is 4.79 Å². The molecule has 110 valence electrons. The molecule has 1 atom stereocenters. The second-order valence-electron chi connectivity index (χ2n) is 5.28. The average molecular weight is 276 g/mol. The lowest BCUT2D eigenvalue weighted by Crippen LogP contribution is -2.51. The maximum atomic E-state index is 11.7. The molecule has 1 aromatic carbocycles. The van der Waals surface area contributed by atoms with Crippen molar-refractivity contribution in [1.82, 2.24) is 10.2 Å². The van der Waals surface area contributed by atoms with Crippen molar-refractivity contribution in [2.24, 2.45) is 0 Å². The van der Waals surface area contributed by atoms with Crippen molar-refractivity contribution in [1.29, 1.82) is 0 Å². The Balaban J connectivity index is 2.22. The van der Waals surface area contributed by atoms with Crippen molar-refractivity contribution in [3.63, 3.8) is 0 Å². The summed E-state index contributed by atoms with van der Waals surface area (Å²) in [6, 6.07) is 5.97. The highest BCUT2D eigenvalue weighted by Gasteiger charge is 2.24. The van der Waals surface area contributed by atoms with Gasteiger partial charge in [0.05, 0.1) is 11.4 Å². The zero-order valence-corrected chi connectivity index (χ0v) is 12.5. The number of rotatable bonds is 3. The van der Waals surface area contributed by atoms with Gasteiger partial charge in [-0.2, -0.15) is 0 Å². The Morgan fingerprint density at radius 2 is 2.20 bits per heavy atom. The summed E-state index contributed by atoms with van der Waals surface area (Å²) in [6.07, 6.45) is 0. The number of nitrogens with two attached hydrogens (primary N) is 1. The number of hydrogen-bond donors (Lipinski definition) is 2. The van der Waals surface area contributed by atoms with Crippen LogP contribution in [0.2, 0.25) is 0 Å². The molecule has 5 nitrogen and oxygen atoms in total. The summed E-state index contributed by atoms with van der Waals surface area (Å²) in [7, 11) is 1.64. The first-order chi connectivity index (χ1) is 9.56. The zero-order chi connectivity index (χ0) is 14.7. The van der Waals surface area contributed by atoms with Gasteiger partial charge in [0.1, 0.15) is 0 Å². The molecular formula is C15H24N4O. The fourth-order valence-electron chi connectivity index (χ4n) is 2.79. The van der Waals surface area contributed by atoms with Crippen LogP contribution < -0.4 is 16.0 Å². The van der Waals surface area contributed by atoms with E-state index < -0.39 is 0 Å². The average Bonchev–Trinajstić information content (AvgIpc) is 2.46. The number of amides is 1. The summed E-state index contributed by atoms with van der Waals surface area (Å²) >= 11 is 0. The van der Waals surface area contributed by atoms with Gasteiger partial charge in [-0.1, -0.05) is 6.92 Å². The van der Waals surface area contributed by atoms with Gasteiger partial charge in [0.2, 0.25) is 0 Å². The Hall–Kier alpha value is -1.75.